The highest BCUT2D eigenvalue weighted by atomic mass is 16.5. The van der Waals surface area contributed by atoms with Crippen LogP contribution >= 0.6 is 0 Å². The van der Waals surface area contributed by atoms with Gasteiger partial charge < -0.3 is 9.64 Å². The number of ether oxygens (including phenoxy) is 1. The number of piperidine rings is 1. The minimum atomic E-state index is -0.292. The van der Waals surface area contributed by atoms with Gasteiger partial charge in [-0.1, -0.05) is 37.3 Å². The molecule has 1 unspecified atom stereocenters. The second-order valence-electron chi connectivity index (χ2n) is 7.88. The lowest BCUT2D eigenvalue weighted by molar-refractivity contribution is -0.141. The fourth-order valence-corrected chi connectivity index (χ4v) is 4.73. The molecule has 0 bridgehead atoms. The van der Waals surface area contributed by atoms with E-state index >= 15 is 0 Å². The van der Waals surface area contributed by atoms with Crippen molar-refractivity contribution in [3.63, 3.8) is 0 Å². The van der Waals surface area contributed by atoms with Crippen LogP contribution in [0, 0.1) is 11.3 Å². The number of amides is 1. The van der Waals surface area contributed by atoms with E-state index in [4.69, 9.17) is 4.74 Å². The molecular formula is C21H26N2O3. The Hall–Kier alpha value is -2.14. The number of nitrogens with zero attached hydrogens (tertiary/aromatic N) is 2. The molecule has 3 aliphatic rings. The van der Waals surface area contributed by atoms with Gasteiger partial charge in [0.15, 0.2) is 0 Å². The first-order valence-electron chi connectivity index (χ1n) is 9.46. The van der Waals surface area contributed by atoms with Gasteiger partial charge in [0.05, 0.1) is 16.7 Å². The van der Waals surface area contributed by atoms with E-state index in [9.17, 15) is 9.59 Å². The third-order valence-corrected chi connectivity index (χ3v) is 6.46. The smallest absolute Gasteiger partial charge is 0.336 e. The average Bonchev–Trinajstić information content (AvgIpc) is 3.14. The van der Waals surface area contributed by atoms with Crippen LogP contribution in [0.15, 0.2) is 41.6 Å². The minimum Gasteiger partial charge on any atom is -0.456 e. The van der Waals surface area contributed by atoms with Crippen molar-refractivity contribution in [1.82, 2.24) is 9.80 Å². The minimum absolute atomic E-state index is 0.192. The topological polar surface area (TPSA) is 49.9 Å². The SMILES string of the molecule is CC1=C(N2CCC3(CCN(Cc4ccccc4)C[C@@H]3C)C2=O)COC1=O. The Morgan fingerprint density at radius 3 is 2.54 bits per heavy atom. The number of likely N-dealkylation sites (tertiary alicyclic amines) is 2. The molecule has 1 aromatic carbocycles. The summed E-state index contributed by atoms with van der Waals surface area (Å²) >= 11 is 0. The van der Waals surface area contributed by atoms with Crippen molar-refractivity contribution in [3.8, 4) is 0 Å². The van der Waals surface area contributed by atoms with Crippen LogP contribution in [0.1, 0.15) is 32.3 Å². The predicted octanol–water partition coefficient (Wildman–Crippen LogP) is 2.58. The lowest BCUT2D eigenvalue weighted by atomic mass is 9.69. The van der Waals surface area contributed by atoms with Crippen LogP contribution in [0.5, 0.6) is 0 Å². The maximum absolute atomic E-state index is 13.3. The maximum Gasteiger partial charge on any atom is 0.336 e. The number of rotatable bonds is 3. The molecule has 1 aromatic rings. The number of carbonyl (C=O) groups is 2. The summed E-state index contributed by atoms with van der Waals surface area (Å²) in [5.41, 5.74) is 2.39. The Bertz CT molecular complexity index is 758. The number of esters is 1. The second-order valence-corrected chi connectivity index (χ2v) is 7.88. The van der Waals surface area contributed by atoms with Crippen molar-refractivity contribution in [3.05, 3.63) is 47.2 Å². The molecule has 0 radical (unpaired) electrons. The molecular weight excluding hydrogens is 328 g/mol. The maximum atomic E-state index is 13.3. The summed E-state index contributed by atoms with van der Waals surface area (Å²) in [5.74, 6) is 0.202. The highest BCUT2D eigenvalue weighted by Gasteiger charge is 2.53. The largest absolute Gasteiger partial charge is 0.456 e. The summed E-state index contributed by atoms with van der Waals surface area (Å²) in [6.45, 7) is 7.71. The summed E-state index contributed by atoms with van der Waals surface area (Å²) in [6, 6.07) is 10.5. The zero-order chi connectivity index (χ0) is 18.3. The third-order valence-electron chi connectivity index (χ3n) is 6.46. The van der Waals surface area contributed by atoms with Crippen molar-refractivity contribution >= 4 is 11.9 Å². The van der Waals surface area contributed by atoms with Crippen LogP contribution in [-0.2, 0) is 20.9 Å². The number of hydrogen-bond acceptors (Lipinski definition) is 4. The molecule has 2 atom stereocenters. The van der Waals surface area contributed by atoms with Crippen molar-refractivity contribution in [1.29, 1.82) is 0 Å². The Labute approximate surface area is 154 Å². The van der Waals surface area contributed by atoms with Crippen molar-refractivity contribution in [2.75, 3.05) is 26.2 Å². The van der Waals surface area contributed by atoms with Gasteiger partial charge in [0, 0.05) is 19.6 Å². The van der Waals surface area contributed by atoms with Gasteiger partial charge in [0.1, 0.15) is 6.61 Å². The van der Waals surface area contributed by atoms with E-state index in [1.54, 1.807) is 6.92 Å². The molecule has 5 nitrogen and oxygen atoms in total. The molecule has 26 heavy (non-hydrogen) atoms. The summed E-state index contributed by atoms with van der Waals surface area (Å²) in [7, 11) is 0. The summed E-state index contributed by atoms with van der Waals surface area (Å²) in [6.07, 6.45) is 1.76. The number of hydrogen-bond donors (Lipinski definition) is 0. The van der Waals surface area contributed by atoms with Crippen molar-refractivity contribution < 1.29 is 14.3 Å². The van der Waals surface area contributed by atoms with Gasteiger partial charge >= 0.3 is 5.97 Å². The molecule has 0 aliphatic carbocycles. The molecule has 2 saturated heterocycles. The van der Waals surface area contributed by atoms with Gasteiger partial charge in [-0.2, -0.15) is 0 Å². The molecule has 0 saturated carbocycles. The van der Waals surface area contributed by atoms with Crippen LogP contribution in [0.3, 0.4) is 0 Å². The summed E-state index contributed by atoms with van der Waals surface area (Å²) in [5, 5.41) is 0. The highest BCUT2D eigenvalue weighted by Crippen LogP contribution is 2.47. The first kappa shape index (κ1) is 17.3. The van der Waals surface area contributed by atoms with E-state index in [2.05, 4.69) is 36.1 Å². The standard InChI is InChI=1S/C21H26N2O3/c1-15-12-22(13-17-6-4-3-5-7-17)10-8-21(15)9-11-23(20(21)25)18-14-26-19(24)16(18)2/h3-7,15H,8-14H2,1-2H3/t15-,21?/m0/s1. The van der Waals surface area contributed by atoms with Crippen LogP contribution < -0.4 is 0 Å². The average molecular weight is 354 g/mol. The number of cyclic esters (lactones) is 1. The fraction of sp³-hybridized carbons (Fsp3) is 0.524. The van der Waals surface area contributed by atoms with Crippen LogP contribution in [-0.4, -0.2) is 47.9 Å². The second kappa shape index (κ2) is 6.54. The Balaban J connectivity index is 1.47. The van der Waals surface area contributed by atoms with Gasteiger partial charge in [-0.15, -0.1) is 0 Å². The molecule has 5 heteroatoms. The monoisotopic (exact) mass is 354 g/mol. The fourth-order valence-electron chi connectivity index (χ4n) is 4.73. The van der Waals surface area contributed by atoms with Crippen LogP contribution in [0.4, 0.5) is 0 Å². The molecule has 3 heterocycles. The number of carbonyl (C=O) groups excluding carboxylic acids is 2. The molecule has 3 aliphatic heterocycles. The first-order chi connectivity index (χ1) is 12.5. The summed E-state index contributed by atoms with van der Waals surface area (Å²) in [4.78, 5) is 29.3. The molecule has 4 rings (SSSR count). The Morgan fingerprint density at radius 2 is 1.88 bits per heavy atom. The molecule has 0 N–H and O–H groups in total. The van der Waals surface area contributed by atoms with E-state index in [1.165, 1.54) is 5.56 Å². The van der Waals surface area contributed by atoms with Gasteiger partial charge in [-0.05, 0) is 37.8 Å². The van der Waals surface area contributed by atoms with Gasteiger partial charge in [0.25, 0.3) is 0 Å². The quantitative estimate of drug-likeness (QED) is 0.783. The van der Waals surface area contributed by atoms with E-state index in [-0.39, 0.29) is 23.9 Å². The van der Waals surface area contributed by atoms with Gasteiger partial charge in [-0.25, -0.2) is 4.79 Å². The number of benzene rings is 1. The molecule has 138 valence electrons. The van der Waals surface area contributed by atoms with Gasteiger partial charge in [-0.3, -0.25) is 9.69 Å². The van der Waals surface area contributed by atoms with Crippen LogP contribution in [0.2, 0.25) is 0 Å². The Kier molecular flexibility index (Phi) is 4.35. The van der Waals surface area contributed by atoms with E-state index in [0.717, 1.165) is 38.2 Å². The molecule has 2 fully saturated rings. The highest BCUT2D eigenvalue weighted by molar-refractivity contribution is 5.94. The normalized spacial score (nSPS) is 29.8. The van der Waals surface area contributed by atoms with Gasteiger partial charge in [0.2, 0.25) is 5.91 Å². The zero-order valence-corrected chi connectivity index (χ0v) is 15.5. The predicted molar refractivity (Wildman–Crippen MR) is 97.9 cm³/mol. The lowest BCUT2D eigenvalue weighted by Crippen LogP contribution is -2.49. The van der Waals surface area contributed by atoms with E-state index in [1.807, 2.05) is 11.0 Å². The molecule has 1 amide bonds. The van der Waals surface area contributed by atoms with Crippen LogP contribution in [0.25, 0.3) is 0 Å². The molecule has 0 aromatic heterocycles. The van der Waals surface area contributed by atoms with E-state index < -0.39 is 0 Å². The Morgan fingerprint density at radius 1 is 1.15 bits per heavy atom. The first-order valence-corrected chi connectivity index (χ1v) is 9.46. The molecule has 1 spiro atoms. The van der Waals surface area contributed by atoms with E-state index in [0.29, 0.717) is 18.0 Å². The van der Waals surface area contributed by atoms with Crippen molar-refractivity contribution in [2.45, 2.75) is 33.2 Å². The lowest BCUT2D eigenvalue weighted by Gasteiger charge is -2.43. The third kappa shape index (κ3) is 2.75. The summed E-state index contributed by atoms with van der Waals surface area (Å²) < 4.78 is 5.11. The van der Waals surface area contributed by atoms with Crippen molar-refractivity contribution in [2.24, 2.45) is 11.3 Å². The zero-order valence-electron chi connectivity index (χ0n) is 15.5.